The molecule has 2 aliphatic rings. The van der Waals surface area contributed by atoms with Gasteiger partial charge >= 0.3 is 0 Å². The van der Waals surface area contributed by atoms with Gasteiger partial charge in [-0.15, -0.1) is 0 Å². The zero-order chi connectivity index (χ0) is 16.8. The van der Waals surface area contributed by atoms with Gasteiger partial charge in [0.1, 0.15) is 0 Å². The first kappa shape index (κ1) is 16.5. The molecule has 4 nitrogen and oxygen atoms in total. The Morgan fingerprint density at radius 3 is 2.09 bits per heavy atom. The third-order valence-corrected chi connectivity index (χ3v) is 6.52. The molecule has 1 aromatic rings. The number of benzene rings is 1. The normalized spacial score (nSPS) is 23.7. The Morgan fingerprint density at radius 1 is 1.04 bits per heavy atom. The minimum absolute atomic E-state index is 0.0185. The number of hydrogen-bond acceptors (Lipinski definition) is 3. The van der Waals surface area contributed by atoms with E-state index in [0.717, 1.165) is 12.8 Å². The first-order valence-electron chi connectivity index (χ1n) is 8.31. The van der Waals surface area contributed by atoms with Gasteiger partial charge < -0.3 is 4.90 Å². The summed E-state index contributed by atoms with van der Waals surface area (Å²) < 4.78 is 23.5. The molecule has 23 heavy (non-hydrogen) atoms. The molecule has 1 unspecified atom stereocenters. The van der Waals surface area contributed by atoms with Crippen LogP contribution in [0.4, 0.5) is 0 Å². The first-order valence-corrected chi connectivity index (χ1v) is 10.1. The molecular weight excluding hydrogens is 310 g/mol. The van der Waals surface area contributed by atoms with Gasteiger partial charge in [0, 0.05) is 17.6 Å². The van der Waals surface area contributed by atoms with Crippen molar-refractivity contribution >= 4 is 15.7 Å². The first-order chi connectivity index (χ1) is 10.7. The molecule has 5 heteroatoms. The number of carbonyl (C=O) groups is 1. The summed E-state index contributed by atoms with van der Waals surface area (Å²) in [7, 11) is -2.98. The van der Waals surface area contributed by atoms with Gasteiger partial charge in [0.25, 0.3) is 5.91 Å². The van der Waals surface area contributed by atoms with Gasteiger partial charge in [-0.3, -0.25) is 4.79 Å². The van der Waals surface area contributed by atoms with E-state index >= 15 is 0 Å². The fraction of sp³-hybridized carbons (Fsp3) is 0.611. The Balaban J connectivity index is 1.82. The lowest BCUT2D eigenvalue weighted by Crippen LogP contribution is -2.42. The quantitative estimate of drug-likeness (QED) is 0.853. The standard InChI is InChI=1S/C18H25NO3S/c1-18(2,3)14-6-4-13(5-7-14)17(20)19(15-8-9-15)16-10-11-23(21,22)12-16/h4-7,15-16H,8-12H2,1-3H3. The van der Waals surface area contributed by atoms with Crippen LogP contribution in [0.2, 0.25) is 0 Å². The van der Waals surface area contributed by atoms with Gasteiger partial charge in [-0.05, 0) is 42.4 Å². The van der Waals surface area contributed by atoms with E-state index in [9.17, 15) is 13.2 Å². The van der Waals surface area contributed by atoms with Crippen LogP contribution >= 0.6 is 0 Å². The summed E-state index contributed by atoms with van der Waals surface area (Å²) >= 11 is 0. The van der Waals surface area contributed by atoms with Crippen molar-refractivity contribution in [3.8, 4) is 0 Å². The lowest BCUT2D eigenvalue weighted by molar-refractivity contribution is 0.0680. The number of carbonyl (C=O) groups excluding carboxylic acids is 1. The van der Waals surface area contributed by atoms with E-state index in [1.165, 1.54) is 5.56 Å². The molecule has 1 aliphatic heterocycles. The highest BCUT2D eigenvalue weighted by atomic mass is 32.2. The second kappa shape index (κ2) is 5.62. The molecule has 0 bridgehead atoms. The number of hydrogen-bond donors (Lipinski definition) is 0. The number of sulfone groups is 1. The Kier molecular flexibility index (Phi) is 4.03. The lowest BCUT2D eigenvalue weighted by atomic mass is 9.86. The van der Waals surface area contributed by atoms with Crippen molar-refractivity contribution in [1.29, 1.82) is 0 Å². The van der Waals surface area contributed by atoms with Crippen molar-refractivity contribution in [2.45, 2.75) is 57.5 Å². The summed E-state index contributed by atoms with van der Waals surface area (Å²) in [6, 6.07) is 7.84. The van der Waals surface area contributed by atoms with Gasteiger partial charge in [-0.25, -0.2) is 8.42 Å². The highest BCUT2D eigenvalue weighted by Gasteiger charge is 2.42. The van der Waals surface area contributed by atoms with E-state index in [0.29, 0.717) is 12.0 Å². The molecule has 1 atom stereocenters. The van der Waals surface area contributed by atoms with Crippen LogP contribution in [0.3, 0.4) is 0 Å². The van der Waals surface area contributed by atoms with Crippen LogP contribution < -0.4 is 0 Å². The molecule has 1 aliphatic carbocycles. The minimum atomic E-state index is -2.98. The highest BCUT2D eigenvalue weighted by Crippen LogP contribution is 2.33. The van der Waals surface area contributed by atoms with E-state index in [1.807, 2.05) is 29.2 Å². The third kappa shape index (κ3) is 3.60. The molecule has 0 spiro atoms. The fourth-order valence-corrected chi connectivity index (χ4v) is 4.95. The summed E-state index contributed by atoms with van der Waals surface area (Å²) in [6.07, 6.45) is 2.55. The molecule has 1 saturated carbocycles. The largest absolute Gasteiger partial charge is 0.332 e. The maximum absolute atomic E-state index is 12.9. The van der Waals surface area contributed by atoms with E-state index in [4.69, 9.17) is 0 Å². The topological polar surface area (TPSA) is 54.5 Å². The molecule has 1 aromatic carbocycles. The maximum atomic E-state index is 12.9. The molecule has 126 valence electrons. The third-order valence-electron chi connectivity index (χ3n) is 4.77. The predicted molar refractivity (Wildman–Crippen MR) is 91.4 cm³/mol. The number of amides is 1. The van der Waals surface area contributed by atoms with Crippen molar-refractivity contribution in [3.05, 3.63) is 35.4 Å². The van der Waals surface area contributed by atoms with Crippen molar-refractivity contribution in [3.63, 3.8) is 0 Å². The molecule has 0 radical (unpaired) electrons. The van der Waals surface area contributed by atoms with Crippen LogP contribution in [0, 0.1) is 0 Å². The van der Waals surface area contributed by atoms with Crippen LogP contribution in [0.25, 0.3) is 0 Å². The smallest absolute Gasteiger partial charge is 0.254 e. The Morgan fingerprint density at radius 2 is 1.65 bits per heavy atom. The molecular formula is C18H25NO3S. The Labute approximate surface area is 138 Å². The van der Waals surface area contributed by atoms with Gasteiger partial charge in [-0.1, -0.05) is 32.9 Å². The average Bonchev–Trinajstić information content (AvgIpc) is 3.22. The molecule has 0 N–H and O–H groups in total. The second-order valence-corrected chi connectivity index (χ2v) is 10.1. The van der Waals surface area contributed by atoms with E-state index < -0.39 is 9.84 Å². The lowest BCUT2D eigenvalue weighted by Gasteiger charge is -2.28. The number of nitrogens with zero attached hydrogens (tertiary/aromatic N) is 1. The summed E-state index contributed by atoms with van der Waals surface area (Å²) in [5, 5.41) is 0. The minimum Gasteiger partial charge on any atom is -0.332 e. The summed E-state index contributed by atoms with van der Waals surface area (Å²) in [5.74, 6) is 0.307. The van der Waals surface area contributed by atoms with Crippen molar-refractivity contribution in [1.82, 2.24) is 4.90 Å². The van der Waals surface area contributed by atoms with Crippen LogP contribution in [0.15, 0.2) is 24.3 Å². The van der Waals surface area contributed by atoms with Crippen LogP contribution in [0.1, 0.15) is 56.0 Å². The Bertz CT molecular complexity index is 697. The molecule has 1 amide bonds. The van der Waals surface area contributed by atoms with Crippen LogP contribution in [-0.4, -0.2) is 42.8 Å². The van der Waals surface area contributed by atoms with Gasteiger partial charge in [0.15, 0.2) is 9.84 Å². The zero-order valence-corrected chi connectivity index (χ0v) is 14.9. The van der Waals surface area contributed by atoms with Gasteiger partial charge in [0.05, 0.1) is 11.5 Å². The molecule has 1 saturated heterocycles. The zero-order valence-electron chi connectivity index (χ0n) is 14.1. The second-order valence-electron chi connectivity index (χ2n) is 7.83. The van der Waals surface area contributed by atoms with Crippen molar-refractivity contribution < 1.29 is 13.2 Å². The van der Waals surface area contributed by atoms with Crippen LogP contribution in [0.5, 0.6) is 0 Å². The van der Waals surface area contributed by atoms with Gasteiger partial charge in [0.2, 0.25) is 0 Å². The summed E-state index contributed by atoms with van der Waals surface area (Å²) in [4.78, 5) is 14.8. The predicted octanol–water partition coefficient (Wildman–Crippen LogP) is 2.78. The molecule has 3 rings (SSSR count). The summed E-state index contributed by atoms with van der Waals surface area (Å²) in [6.45, 7) is 6.43. The van der Waals surface area contributed by atoms with E-state index in [2.05, 4.69) is 20.8 Å². The van der Waals surface area contributed by atoms with Crippen LogP contribution in [-0.2, 0) is 15.3 Å². The van der Waals surface area contributed by atoms with E-state index in [-0.39, 0.29) is 34.9 Å². The molecule has 2 fully saturated rings. The molecule has 0 aromatic heterocycles. The fourth-order valence-electron chi connectivity index (χ4n) is 3.24. The highest BCUT2D eigenvalue weighted by molar-refractivity contribution is 7.91. The number of rotatable bonds is 3. The van der Waals surface area contributed by atoms with Crippen molar-refractivity contribution in [2.24, 2.45) is 0 Å². The average molecular weight is 335 g/mol. The Hall–Kier alpha value is -1.36. The maximum Gasteiger partial charge on any atom is 0.254 e. The monoisotopic (exact) mass is 335 g/mol. The SMILES string of the molecule is CC(C)(C)c1ccc(C(=O)N(C2CC2)C2CCS(=O)(=O)C2)cc1. The molecule has 1 heterocycles. The van der Waals surface area contributed by atoms with E-state index in [1.54, 1.807) is 0 Å². The summed E-state index contributed by atoms with van der Waals surface area (Å²) in [5.41, 5.74) is 1.90. The van der Waals surface area contributed by atoms with Crippen molar-refractivity contribution in [2.75, 3.05) is 11.5 Å². The van der Waals surface area contributed by atoms with Gasteiger partial charge in [-0.2, -0.15) is 0 Å².